The molecule has 0 aliphatic carbocycles. The number of primary amides is 1. The minimum atomic E-state index is -0.258. The SMILES string of the molecule is C=C(S/C(CCC(N)=O)=C(\C)Cc1ccc2ccccc2c1)C(C)C. The Labute approximate surface area is 155 Å². The lowest BCUT2D eigenvalue weighted by Gasteiger charge is -2.15. The maximum atomic E-state index is 11.2. The molecule has 0 heterocycles. The third kappa shape index (κ3) is 5.79. The van der Waals surface area contributed by atoms with Crippen LogP contribution in [0.25, 0.3) is 10.8 Å². The first-order valence-electron chi connectivity index (χ1n) is 8.68. The van der Waals surface area contributed by atoms with Crippen LogP contribution >= 0.6 is 11.8 Å². The molecule has 2 rings (SSSR count). The van der Waals surface area contributed by atoms with E-state index in [1.54, 1.807) is 11.8 Å². The normalized spacial score (nSPS) is 12.3. The average Bonchev–Trinajstić information content (AvgIpc) is 2.57. The first kappa shape index (κ1) is 19.3. The van der Waals surface area contributed by atoms with Gasteiger partial charge in [-0.1, -0.05) is 80.2 Å². The van der Waals surface area contributed by atoms with Crippen LogP contribution in [0.15, 0.2) is 64.4 Å². The molecule has 0 atom stereocenters. The van der Waals surface area contributed by atoms with Gasteiger partial charge < -0.3 is 5.73 Å². The number of amides is 1. The van der Waals surface area contributed by atoms with E-state index in [0.29, 0.717) is 18.8 Å². The van der Waals surface area contributed by atoms with Crippen LogP contribution in [0.5, 0.6) is 0 Å². The lowest BCUT2D eigenvalue weighted by Crippen LogP contribution is -2.10. The molecule has 132 valence electrons. The summed E-state index contributed by atoms with van der Waals surface area (Å²) in [5.74, 6) is 0.147. The maximum Gasteiger partial charge on any atom is 0.217 e. The van der Waals surface area contributed by atoms with E-state index < -0.39 is 0 Å². The molecule has 0 radical (unpaired) electrons. The van der Waals surface area contributed by atoms with Crippen molar-refractivity contribution in [1.82, 2.24) is 0 Å². The van der Waals surface area contributed by atoms with Crippen LogP contribution in [0.2, 0.25) is 0 Å². The van der Waals surface area contributed by atoms with Crippen molar-refractivity contribution >= 4 is 28.4 Å². The van der Waals surface area contributed by atoms with Gasteiger partial charge in [0.15, 0.2) is 0 Å². The van der Waals surface area contributed by atoms with E-state index in [4.69, 9.17) is 5.73 Å². The molecule has 0 fully saturated rings. The van der Waals surface area contributed by atoms with Gasteiger partial charge in [-0.15, -0.1) is 0 Å². The highest BCUT2D eigenvalue weighted by Crippen LogP contribution is 2.35. The summed E-state index contributed by atoms with van der Waals surface area (Å²) in [7, 11) is 0. The molecule has 0 saturated carbocycles. The third-order valence-corrected chi connectivity index (χ3v) is 5.79. The van der Waals surface area contributed by atoms with E-state index in [2.05, 4.69) is 69.8 Å². The average molecular weight is 354 g/mol. The summed E-state index contributed by atoms with van der Waals surface area (Å²) in [6, 6.07) is 15.0. The van der Waals surface area contributed by atoms with Crippen molar-refractivity contribution in [3.63, 3.8) is 0 Å². The minimum absolute atomic E-state index is 0.258. The summed E-state index contributed by atoms with van der Waals surface area (Å²) in [5.41, 5.74) is 7.92. The van der Waals surface area contributed by atoms with Gasteiger partial charge in [-0.3, -0.25) is 4.79 Å². The number of rotatable bonds is 8. The Hall–Kier alpha value is -2.00. The molecule has 0 saturated heterocycles. The molecular weight excluding hydrogens is 326 g/mol. The predicted molar refractivity (Wildman–Crippen MR) is 110 cm³/mol. The van der Waals surface area contributed by atoms with E-state index in [9.17, 15) is 4.79 Å². The molecular formula is C22H27NOS. The molecule has 0 aromatic heterocycles. The Morgan fingerprint density at radius 1 is 1.12 bits per heavy atom. The molecule has 0 aliphatic rings. The molecule has 2 aromatic rings. The first-order chi connectivity index (χ1) is 11.9. The van der Waals surface area contributed by atoms with E-state index in [-0.39, 0.29) is 5.91 Å². The monoisotopic (exact) mass is 353 g/mol. The van der Waals surface area contributed by atoms with E-state index in [1.807, 2.05) is 0 Å². The smallest absolute Gasteiger partial charge is 0.217 e. The van der Waals surface area contributed by atoms with Crippen molar-refractivity contribution in [3.05, 3.63) is 70.0 Å². The van der Waals surface area contributed by atoms with E-state index >= 15 is 0 Å². The number of carbonyl (C=O) groups is 1. The maximum absolute atomic E-state index is 11.2. The zero-order chi connectivity index (χ0) is 18.4. The number of hydrogen-bond acceptors (Lipinski definition) is 2. The summed E-state index contributed by atoms with van der Waals surface area (Å²) in [5, 5.41) is 2.51. The molecule has 2 N–H and O–H groups in total. The van der Waals surface area contributed by atoms with Gasteiger partial charge in [-0.05, 0) is 51.8 Å². The second kappa shape index (κ2) is 8.91. The summed E-state index contributed by atoms with van der Waals surface area (Å²) in [4.78, 5) is 13.6. The molecule has 0 aliphatic heterocycles. The van der Waals surface area contributed by atoms with Gasteiger partial charge in [0.25, 0.3) is 0 Å². The third-order valence-electron chi connectivity index (χ3n) is 4.26. The topological polar surface area (TPSA) is 43.1 Å². The quantitative estimate of drug-likeness (QED) is 0.649. The zero-order valence-corrected chi connectivity index (χ0v) is 16.2. The van der Waals surface area contributed by atoms with Crippen molar-refractivity contribution in [2.45, 2.75) is 40.0 Å². The van der Waals surface area contributed by atoms with Crippen LogP contribution in [0.4, 0.5) is 0 Å². The minimum Gasteiger partial charge on any atom is -0.370 e. The lowest BCUT2D eigenvalue weighted by atomic mass is 10.0. The van der Waals surface area contributed by atoms with E-state index in [1.165, 1.54) is 26.8 Å². The van der Waals surface area contributed by atoms with Gasteiger partial charge in [-0.25, -0.2) is 0 Å². The number of hydrogen-bond donors (Lipinski definition) is 1. The van der Waals surface area contributed by atoms with Crippen molar-refractivity contribution in [2.75, 3.05) is 0 Å². The predicted octanol–water partition coefficient (Wildman–Crippen LogP) is 5.82. The van der Waals surface area contributed by atoms with Crippen LogP contribution in [0.1, 0.15) is 39.2 Å². The first-order valence-corrected chi connectivity index (χ1v) is 9.49. The fourth-order valence-corrected chi connectivity index (χ4v) is 3.62. The van der Waals surface area contributed by atoms with Crippen molar-refractivity contribution in [3.8, 4) is 0 Å². The Bertz CT molecular complexity index is 805. The summed E-state index contributed by atoms with van der Waals surface area (Å²) < 4.78 is 0. The van der Waals surface area contributed by atoms with Gasteiger partial charge in [0, 0.05) is 6.42 Å². The molecule has 2 aromatic carbocycles. The van der Waals surface area contributed by atoms with Gasteiger partial charge >= 0.3 is 0 Å². The largest absolute Gasteiger partial charge is 0.370 e. The van der Waals surface area contributed by atoms with Crippen LogP contribution in [0.3, 0.4) is 0 Å². The zero-order valence-electron chi connectivity index (χ0n) is 15.3. The molecule has 25 heavy (non-hydrogen) atoms. The number of allylic oxidation sites excluding steroid dienone is 3. The van der Waals surface area contributed by atoms with Gasteiger partial charge in [-0.2, -0.15) is 0 Å². The number of benzene rings is 2. The summed E-state index contributed by atoms with van der Waals surface area (Å²) >= 11 is 1.70. The molecule has 3 heteroatoms. The van der Waals surface area contributed by atoms with Crippen LogP contribution < -0.4 is 5.73 Å². The highest BCUT2D eigenvalue weighted by atomic mass is 32.2. The Morgan fingerprint density at radius 2 is 1.80 bits per heavy atom. The van der Waals surface area contributed by atoms with E-state index in [0.717, 1.165) is 11.3 Å². The molecule has 1 amide bonds. The lowest BCUT2D eigenvalue weighted by molar-refractivity contribution is -0.117. The Morgan fingerprint density at radius 3 is 2.44 bits per heavy atom. The Kier molecular flexibility index (Phi) is 6.89. The van der Waals surface area contributed by atoms with Gasteiger partial charge in [0.1, 0.15) is 0 Å². The highest BCUT2D eigenvalue weighted by Gasteiger charge is 2.11. The van der Waals surface area contributed by atoms with Gasteiger partial charge in [0.2, 0.25) is 5.91 Å². The fourth-order valence-electron chi connectivity index (χ4n) is 2.62. The number of carbonyl (C=O) groups excluding carboxylic acids is 1. The van der Waals surface area contributed by atoms with Crippen LogP contribution in [-0.4, -0.2) is 5.91 Å². The molecule has 0 unspecified atom stereocenters. The van der Waals surface area contributed by atoms with Gasteiger partial charge in [0.05, 0.1) is 0 Å². The van der Waals surface area contributed by atoms with Crippen molar-refractivity contribution in [1.29, 1.82) is 0 Å². The standard InChI is InChI=1S/C22H27NOS/c1-15(2)17(4)25-21(11-12-22(23)24)16(3)13-18-9-10-19-7-5-6-8-20(19)14-18/h5-10,14-15H,4,11-13H2,1-3H3,(H2,23,24)/b21-16+. The number of thioether (sulfide) groups is 1. The second-order valence-electron chi connectivity index (χ2n) is 6.75. The molecule has 0 spiro atoms. The Balaban J connectivity index is 2.24. The number of fused-ring (bicyclic) bond motifs is 1. The summed E-state index contributed by atoms with van der Waals surface area (Å²) in [6.45, 7) is 10.6. The van der Waals surface area contributed by atoms with Crippen LogP contribution in [-0.2, 0) is 11.2 Å². The molecule has 0 bridgehead atoms. The second-order valence-corrected chi connectivity index (χ2v) is 7.97. The highest BCUT2D eigenvalue weighted by molar-refractivity contribution is 8.06. The summed E-state index contributed by atoms with van der Waals surface area (Å²) in [6.07, 6.45) is 1.94. The van der Waals surface area contributed by atoms with Crippen LogP contribution in [0, 0.1) is 5.92 Å². The van der Waals surface area contributed by atoms with Crippen molar-refractivity contribution in [2.24, 2.45) is 11.7 Å². The fraction of sp³-hybridized carbons (Fsp3) is 0.318. The molecule has 2 nitrogen and oxygen atoms in total. The number of nitrogens with two attached hydrogens (primary N) is 1. The van der Waals surface area contributed by atoms with Crippen molar-refractivity contribution < 1.29 is 4.79 Å².